The van der Waals surface area contributed by atoms with E-state index in [0.29, 0.717) is 11.8 Å². The fraction of sp³-hybridized carbons (Fsp3) is 0.500. The van der Waals surface area contributed by atoms with Crippen LogP contribution in [0.2, 0.25) is 24.2 Å². The third-order valence-corrected chi connectivity index (χ3v) is 9.28. The molecule has 0 aliphatic heterocycles. The van der Waals surface area contributed by atoms with E-state index in [1.807, 2.05) is 30.3 Å². The fourth-order valence-corrected chi connectivity index (χ4v) is 5.02. The summed E-state index contributed by atoms with van der Waals surface area (Å²) in [5.41, 5.74) is 0. The number of hydrogen-bond donors (Lipinski definition) is 0. The van der Waals surface area contributed by atoms with Gasteiger partial charge in [-0.05, 0) is 12.1 Å². The summed E-state index contributed by atoms with van der Waals surface area (Å²) in [6.45, 7) is 6.61. The molecule has 0 atom stereocenters. The van der Waals surface area contributed by atoms with Gasteiger partial charge < -0.3 is 4.74 Å². The van der Waals surface area contributed by atoms with E-state index in [2.05, 4.69) is 20.8 Å². The molecule has 0 unspecified atom stereocenters. The third-order valence-electron chi connectivity index (χ3n) is 3.74. The van der Waals surface area contributed by atoms with Crippen molar-refractivity contribution in [3.05, 3.63) is 30.3 Å². The highest BCUT2D eigenvalue weighted by molar-refractivity contribution is 6.82. The Morgan fingerprint density at radius 3 is 2.06 bits per heavy atom. The van der Waals surface area contributed by atoms with Crippen molar-refractivity contribution < 1.29 is 9.53 Å². The molecule has 1 rings (SSSR count). The van der Waals surface area contributed by atoms with Gasteiger partial charge in [-0.15, -0.1) is 0 Å². The summed E-state index contributed by atoms with van der Waals surface area (Å²) in [4.78, 5) is 11.9. The summed E-state index contributed by atoms with van der Waals surface area (Å²) in [7, 11) is -1.41. The first-order valence-electron chi connectivity index (χ1n) is 6.41. The zero-order valence-electron chi connectivity index (χ0n) is 11.0. The van der Waals surface area contributed by atoms with Crippen LogP contribution in [0.5, 0.6) is 5.75 Å². The van der Waals surface area contributed by atoms with Gasteiger partial charge in [0.15, 0.2) is 0 Å². The Labute approximate surface area is 105 Å². The maximum atomic E-state index is 11.9. The smallest absolute Gasteiger partial charge is 0.308 e. The number of rotatable bonds is 6. The first kappa shape index (κ1) is 14.0. The van der Waals surface area contributed by atoms with Crippen LogP contribution in [0.3, 0.4) is 0 Å². The number of hydrogen-bond acceptors (Lipinski definition) is 2. The van der Waals surface area contributed by atoms with E-state index in [0.717, 1.165) is 18.1 Å². The molecule has 94 valence electrons. The molecule has 1 aromatic carbocycles. The predicted octanol–water partition coefficient (Wildman–Crippen LogP) is 4.10. The van der Waals surface area contributed by atoms with Crippen LogP contribution in [0.4, 0.5) is 0 Å². The van der Waals surface area contributed by atoms with Gasteiger partial charge in [-0.2, -0.15) is 0 Å². The monoisotopic (exact) mass is 250 g/mol. The Hall–Kier alpha value is -1.09. The Kier molecular flexibility index (Phi) is 5.42. The van der Waals surface area contributed by atoms with E-state index in [4.69, 9.17) is 4.74 Å². The molecule has 0 N–H and O–H groups in total. The van der Waals surface area contributed by atoms with E-state index in [9.17, 15) is 4.79 Å². The molecule has 0 saturated heterocycles. The SMILES string of the molecule is CC[Si](CC)(CC)CC(=O)Oc1ccccc1. The van der Waals surface area contributed by atoms with Gasteiger partial charge in [0.2, 0.25) is 0 Å². The van der Waals surface area contributed by atoms with E-state index in [1.54, 1.807) is 0 Å². The van der Waals surface area contributed by atoms with Crippen LogP contribution in [-0.4, -0.2) is 14.0 Å². The van der Waals surface area contributed by atoms with Gasteiger partial charge in [0, 0.05) is 6.04 Å². The quantitative estimate of drug-likeness (QED) is 0.431. The summed E-state index contributed by atoms with van der Waals surface area (Å²) in [5.74, 6) is 0.595. The van der Waals surface area contributed by atoms with Crippen LogP contribution in [0, 0.1) is 0 Å². The topological polar surface area (TPSA) is 26.3 Å². The molecule has 3 heteroatoms. The van der Waals surface area contributed by atoms with Crippen LogP contribution >= 0.6 is 0 Å². The zero-order chi connectivity index (χ0) is 12.7. The second-order valence-electron chi connectivity index (χ2n) is 4.52. The number of para-hydroxylation sites is 1. The molecule has 0 aromatic heterocycles. The summed E-state index contributed by atoms with van der Waals surface area (Å²) in [5, 5.41) is 0. The lowest BCUT2D eigenvalue weighted by molar-refractivity contribution is -0.132. The highest BCUT2D eigenvalue weighted by atomic mass is 28.3. The average molecular weight is 250 g/mol. The lowest BCUT2D eigenvalue weighted by Crippen LogP contribution is -2.35. The average Bonchev–Trinajstić information content (AvgIpc) is 2.37. The number of ether oxygens (including phenoxy) is 1. The largest absolute Gasteiger partial charge is 0.427 e. The van der Waals surface area contributed by atoms with Crippen molar-refractivity contribution in [2.75, 3.05) is 0 Å². The van der Waals surface area contributed by atoms with Gasteiger partial charge in [-0.3, -0.25) is 4.79 Å². The maximum Gasteiger partial charge on any atom is 0.308 e. The Morgan fingerprint density at radius 2 is 1.59 bits per heavy atom. The Morgan fingerprint density at radius 1 is 1.06 bits per heavy atom. The van der Waals surface area contributed by atoms with Gasteiger partial charge in [0.25, 0.3) is 0 Å². The van der Waals surface area contributed by atoms with Crippen molar-refractivity contribution in [3.8, 4) is 5.75 Å². The van der Waals surface area contributed by atoms with Crippen LogP contribution in [0.1, 0.15) is 20.8 Å². The molecule has 1 aromatic rings. The van der Waals surface area contributed by atoms with Gasteiger partial charge >= 0.3 is 5.97 Å². The molecule has 0 radical (unpaired) electrons. The zero-order valence-corrected chi connectivity index (χ0v) is 12.0. The Bertz CT molecular complexity index is 336. The van der Waals surface area contributed by atoms with Gasteiger partial charge in [0.05, 0.1) is 8.07 Å². The summed E-state index contributed by atoms with van der Waals surface area (Å²) in [6, 6.07) is 13.4. The highest BCUT2D eigenvalue weighted by Gasteiger charge is 2.30. The van der Waals surface area contributed by atoms with Crippen molar-refractivity contribution >= 4 is 14.0 Å². The second kappa shape index (κ2) is 6.60. The standard InChI is InChI=1S/C14H22O2Si/c1-4-17(5-2,6-3)12-14(15)16-13-10-8-7-9-11-13/h7-11H,4-6,12H2,1-3H3. The van der Waals surface area contributed by atoms with E-state index in [-0.39, 0.29) is 5.97 Å². The molecular formula is C14H22O2Si. The lowest BCUT2D eigenvalue weighted by Gasteiger charge is -2.26. The summed E-state index contributed by atoms with van der Waals surface area (Å²) >= 11 is 0. The normalized spacial score (nSPS) is 11.2. The molecule has 2 nitrogen and oxygen atoms in total. The fourth-order valence-electron chi connectivity index (χ4n) is 2.09. The number of carbonyl (C=O) groups excluding carboxylic acids is 1. The number of carbonyl (C=O) groups is 1. The van der Waals surface area contributed by atoms with Gasteiger partial charge in [-0.1, -0.05) is 57.1 Å². The summed E-state index contributed by atoms with van der Waals surface area (Å²) < 4.78 is 5.37. The van der Waals surface area contributed by atoms with Crippen molar-refractivity contribution in [3.63, 3.8) is 0 Å². The van der Waals surface area contributed by atoms with Crippen molar-refractivity contribution in [1.82, 2.24) is 0 Å². The van der Waals surface area contributed by atoms with Crippen LogP contribution < -0.4 is 4.74 Å². The van der Waals surface area contributed by atoms with Crippen LogP contribution in [-0.2, 0) is 4.79 Å². The minimum atomic E-state index is -1.41. The van der Waals surface area contributed by atoms with E-state index in [1.165, 1.54) is 0 Å². The van der Waals surface area contributed by atoms with E-state index >= 15 is 0 Å². The molecule has 0 saturated carbocycles. The third kappa shape index (κ3) is 4.00. The highest BCUT2D eigenvalue weighted by Crippen LogP contribution is 2.25. The van der Waals surface area contributed by atoms with Gasteiger partial charge in [-0.25, -0.2) is 0 Å². The number of esters is 1. The Balaban J connectivity index is 2.60. The molecule has 0 bridgehead atoms. The molecule has 0 aliphatic carbocycles. The van der Waals surface area contributed by atoms with Crippen molar-refractivity contribution in [2.45, 2.75) is 44.9 Å². The summed E-state index contributed by atoms with van der Waals surface area (Å²) in [6.07, 6.45) is 0. The minimum Gasteiger partial charge on any atom is -0.427 e. The molecule has 0 amide bonds. The lowest BCUT2D eigenvalue weighted by atomic mass is 10.3. The molecular weight excluding hydrogens is 228 g/mol. The van der Waals surface area contributed by atoms with E-state index < -0.39 is 8.07 Å². The molecule has 17 heavy (non-hydrogen) atoms. The minimum absolute atomic E-state index is 0.0617. The van der Waals surface area contributed by atoms with Crippen molar-refractivity contribution in [1.29, 1.82) is 0 Å². The first-order valence-corrected chi connectivity index (χ1v) is 9.24. The predicted molar refractivity (Wildman–Crippen MR) is 74.1 cm³/mol. The molecule has 0 aliphatic rings. The van der Waals surface area contributed by atoms with Crippen LogP contribution in [0.25, 0.3) is 0 Å². The molecule has 0 heterocycles. The van der Waals surface area contributed by atoms with Crippen molar-refractivity contribution in [2.24, 2.45) is 0 Å². The first-order chi connectivity index (χ1) is 8.15. The van der Waals surface area contributed by atoms with Crippen LogP contribution in [0.15, 0.2) is 30.3 Å². The molecule has 0 fully saturated rings. The second-order valence-corrected chi connectivity index (χ2v) is 10.00. The van der Waals surface area contributed by atoms with Gasteiger partial charge in [0.1, 0.15) is 5.75 Å². The molecule has 0 spiro atoms. The number of benzene rings is 1. The maximum absolute atomic E-state index is 11.9.